The fraction of sp³-hybridized carbons (Fsp3) is 0.824. The van der Waals surface area contributed by atoms with Crippen LogP contribution < -0.4 is 0 Å². The number of ether oxygens (including phenoxy) is 4. The second-order valence-corrected chi connectivity index (χ2v) is 8.43. The molecule has 0 radical (unpaired) electrons. The summed E-state index contributed by atoms with van der Waals surface area (Å²) in [6.07, 6.45) is -8.99. The van der Waals surface area contributed by atoms with Gasteiger partial charge in [-0.15, -0.1) is 0 Å². The third-order valence-corrected chi connectivity index (χ3v) is 8.07. The molecule has 0 bridgehead atoms. The zero-order valence-corrected chi connectivity index (χ0v) is 14.3. The van der Waals surface area contributed by atoms with Gasteiger partial charge in [0.25, 0.3) is 0 Å². The molecule has 0 aromatic carbocycles. The second kappa shape index (κ2) is 4.00. The maximum Gasteiger partial charge on any atom is 0.343 e. The molecule has 6 rings (SSSR count). The SMILES string of the molecule is [3H]C1C2OC(=O)[C@]34OC5OC(=O)[C@H](O)C5([C@@H]1C)C23[C@@H](O)[C@@H]1OC(=O)[C@@H](C)[C@@]14O. The molecule has 4 aliphatic heterocycles. The Kier molecular flexibility index (Phi) is 2.25. The minimum Gasteiger partial charge on any atom is -0.459 e. The van der Waals surface area contributed by atoms with Crippen LogP contribution in [-0.2, 0) is 33.3 Å². The third kappa shape index (κ3) is 1.06. The molecule has 12 atom stereocenters. The Morgan fingerprint density at radius 1 is 1.11 bits per heavy atom. The molecule has 27 heavy (non-hydrogen) atoms. The Morgan fingerprint density at radius 2 is 1.81 bits per heavy atom. The van der Waals surface area contributed by atoms with Crippen molar-refractivity contribution in [1.29, 1.82) is 0 Å². The maximum absolute atomic E-state index is 13.2. The number of fused-ring (bicyclic) bond motifs is 1. The molecule has 10 heteroatoms. The molecule has 0 amide bonds. The van der Waals surface area contributed by atoms with E-state index in [2.05, 4.69) is 0 Å². The van der Waals surface area contributed by atoms with Gasteiger partial charge in [-0.25, -0.2) is 9.59 Å². The zero-order valence-electron chi connectivity index (χ0n) is 15.3. The molecule has 5 unspecified atom stereocenters. The quantitative estimate of drug-likeness (QED) is 0.305. The second-order valence-electron chi connectivity index (χ2n) is 8.43. The summed E-state index contributed by atoms with van der Waals surface area (Å²) in [6.45, 7) is 2.92. The first-order valence-corrected chi connectivity index (χ1v) is 8.86. The highest BCUT2D eigenvalue weighted by Crippen LogP contribution is 2.83. The van der Waals surface area contributed by atoms with E-state index in [-0.39, 0.29) is 0 Å². The van der Waals surface area contributed by atoms with Crippen LogP contribution in [0.2, 0.25) is 0 Å². The topological polar surface area (TPSA) is 149 Å². The monoisotopic (exact) mass is 384 g/mol. The van der Waals surface area contributed by atoms with Gasteiger partial charge in [0.05, 0.1) is 16.7 Å². The van der Waals surface area contributed by atoms with Crippen molar-refractivity contribution >= 4 is 17.9 Å². The Hall–Kier alpha value is -1.75. The van der Waals surface area contributed by atoms with E-state index < -0.39 is 88.9 Å². The van der Waals surface area contributed by atoms with Crippen molar-refractivity contribution in [3.05, 3.63) is 0 Å². The van der Waals surface area contributed by atoms with Gasteiger partial charge in [0.1, 0.15) is 12.2 Å². The number of hydrogen-bond donors (Lipinski definition) is 3. The molecule has 0 aromatic heterocycles. The highest BCUT2D eigenvalue weighted by molar-refractivity contribution is 5.94. The largest absolute Gasteiger partial charge is 0.459 e. The van der Waals surface area contributed by atoms with Gasteiger partial charge < -0.3 is 34.3 Å². The molecule has 10 nitrogen and oxygen atoms in total. The van der Waals surface area contributed by atoms with Crippen LogP contribution in [0.25, 0.3) is 0 Å². The van der Waals surface area contributed by atoms with Crippen molar-refractivity contribution in [2.45, 2.75) is 62.2 Å². The first-order valence-electron chi connectivity index (χ1n) is 9.44. The maximum atomic E-state index is 13.2. The van der Waals surface area contributed by atoms with Crippen LogP contribution in [0.4, 0.5) is 0 Å². The van der Waals surface area contributed by atoms with E-state index in [1.807, 2.05) is 0 Å². The lowest BCUT2D eigenvalue weighted by molar-refractivity contribution is -0.238. The fourth-order valence-corrected chi connectivity index (χ4v) is 7.12. The molecule has 4 saturated heterocycles. The number of aliphatic hydroxyl groups is 3. The van der Waals surface area contributed by atoms with Crippen molar-refractivity contribution in [2.75, 3.05) is 0 Å². The average molecular weight is 384 g/mol. The van der Waals surface area contributed by atoms with Crippen molar-refractivity contribution in [3.63, 3.8) is 0 Å². The lowest BCUT2D eigenvalue weighted by Gasteiger charge is -2.44. The smallest absolute Gasteiger partial charge is 0.343 e. The normalized spacial score (nSPS) is 68.0. The summed E-state index contributed by atoms with van der Waals surface area (Å²) >= 11 is 0. The van der Waals surface area contributed by atoms with Gasteiger partial charge in [-0.3, -0.25) is 4.79 Å². The summed E-state index contributed by atoms with van der Waals surface area (Å²) in [4.78, 5) is 37.6. The van der Waals surface area contributed by atoms with Gasteiger partial charge in [0.2, 0.25) is 11.9 Å². The fourth-order valence-electron chi connectivity index (χ4n) is 7.12. The molecule has 2 saturated carbocycles. The van der Waals surface area contributed by atoms with Crippen LogP contribution in [0.5, 0.6) is 0 Å². The molecular weight excluding hydrogens is 364 g/mol. The number of aliphatic hydroxyl groups excluding tert-OH is 2. The molecule has 2 aliphatic carbocycles. The van der Waals surface area contributed by atoms with Gasteiger partial charge in [-0.2, -0.15) is 0 Å². The summed E-state index contributed by atoms with van der Waals surface area (Å²) in [5, 5.41) is 33.9. The van der Waals surface area contributed by atoms with Crippen LogP contribution in [0.15, 0.2) is 0 Å². The first-order chi connectivity index (χ1) is 13.1. The molecule has 2 spiro atoms. The van der Waals surface area contributed by atoms with Crippen molar-refractivity contribution < 1.29 is 50.0 Å². The van der Waals surface area contributed by atoms with E-state index in [0.29, 0.717) is 0 Å². The average Bonchev–Trinajstić information content (AvgIpc) is 3.33. The standard InChI is InChI=1S/C17H18O10/c1-4-3-6-15-7(18)9-16(23,5(2)10(20)25-9)17(15,12(22)24-6)27-13-14(4,15)8(19)11(21)26-13/h4-9,13,18-19,23H,3H2,1-2H3/t4-,5-,6?,7+,8+,9+,13?,14?,15?,16-,17+/m1/s1/i3T/t3?,4-,5-,6?,7+,8+,9+,13?,14?,15?,16-,17+. The van der Waals surface area contributed by atoms with E-state index in [4.69, 9.17) is 20.3 Å². The Bertz CT molecular complexity index is 878. The molecule has 3 N–H and O–H groups in total. The number of carbonyl (C=O) groups excluding carboxylic acids is 3. The first kappa shape index (κ1) is 15.2. The predicted molar refractivity (Wildman–Crippen MR) is 78.2 cm³/mol. The minimum absolute atomic E-state index is 0.804. The van der Waals surface area contributed by atoms with Crippen molar-refractivity contribution in [1.82, 2.24) is 0 Å². The van der Waals surface area contributed by atoms with Gasteiger partial charge in [-0.05, 0) is 19.2 Å². The van der Waals surface area contributed by atoms with Crippen LogP contribution >= 0.6 is 0 Å². The van der Waals surface area contributed by atoms with E-state index in [1.165, 1.54) is 6.92 Å². The Balaban J connectivity index is 1.74. The van der Waals surface area contributed by atoms with Gasteiger partial charge in [0.15, 0.2) is 17.8 Å². The molecule has 146 valence electrons. The van der Waals surface area contributed by atoms with E-state index in [1.54, 1.807) is 6.92 Å². The van der Waals surface area contributed by atoms with Crippen molar-refractivity contribution in [2.24, 2.45) is 22.7 Å². The van der Waals surface area contributed by atoms with Crippen LogP contribution in [0.3, 0.4) is 0 Å². The molecule has 4 heterocycles. The highest BCUT2D eigenvalue weighted by atomic mass is 16.8. The van der Waals surface area contributed by atoms with Crippen LogP contribution in [-0.4, -0.2) is 75.1 Å². The summed E-state index contributed by atoms with van der Waals surface area (Å²) in [5.74, 6) is -4.96. The molecule has 6 fully saturated rings. The van der Waals surface area contributed by atoms with Crippen molar-refractivity contribution in [3.8, 4) is 0 Å². The van der Waals surface area contributed by atoms with Gasteiger partial charge >= 0.3 is 17.9 Å². The number of carbonyl (C=O) groups is 3. The van der Waals surface area contributed by atoms with Gasteiger partial charge in [-0.1, -0.05) is 6.92 Å². The number of hydrogen-bond acceptors (Lipinski definition) is 10. The minimum atomic E-state index is -2.32. The molecular formula is C17H18O10. The molecule has 0 aromatic rings. The lowest BCUT2D eigenvalue weighted by atomic mass is 9.54. The summed E-state index contributed by atoms with van der Waals surface area (Å²) in [6, 6.07) is 0. The molecule has 6 aliphatic rings. The lowest BCUT2D eigenvalue weighted by Crippen LogP contribution is -2.66. The zero-order chi connectivity index (χ0) is 20.2. The van der Waals surface area contributed by atoms with Crippen LogP contribution in [0.1, 0.15) is 21.6 Å². The van der Waals surface area contributed by atoms with E-state index in [9.17, 15) is 29.7 Å². The van der Waals surface area contributed by atoms with E-state index in [0.717, 1.165) is 0 Å². The third-order valence-electron chi connectivity index (χ3n) is 8.07. The Morgan fingerprint density at radius 3 is 2.52 bits per heavy atom. The predicted octanol–water partition coefficient (Wildman–Crippen LogP) is -2.40. The van der Waals surface area contributed by atoms with Crippen LogP contribution in [0, 0.1) is 22.7 Å². The summed E-state index contributed by atoms with van der Waals surface area (Å²) < 4.78 is 30.4. The summed E-state index contributed by atoms with van der Waals surface area (Å²) in [5.41, 5.74) is -8.26. The number of esters is 3. The van der Waals surface area contributed by atoms with E-state index >= 15 is 0 Å². The highest BCUT2D eigenvalue weighted by Gasteiger charge is 3.03. The summed E-state index contributed by atoms with van der Waals surface area (Å²) in [7, 11) is 0. The van der Waals surface area contributed by atoms with Gasteiger partial charge in [0, 0.05) is 1.37 Å². The number of rotatable bonds is 0. The Labute approximate surface area is 153 Å².